The molecule has 6 heteroatoms. The summed E-state index contributed by atoms with van der Waals surface area (Å²) in [5.41, 5.74) is 1.18. The van der Waals surface area contributed by atoms with Gasteiger partial charge in [0, 0.05) is 17.7 Å². The summed E-state index contributed by atoms with van der Waals surface area (Å²) >= 11 is 0. The van der Waals surface area contributed by atoms with Crippen LogP contribution in [0.3, 0.4) is 0 Å². The van der Waals surface area contributed by atoms with E-state index in [2.05, 4.69) is 5.32 Å². The summed E-state index contributed by atoms with van der Waals surface area (Å²) in [6.45, 7) is 1.10. The fourth-order valence-electron chi connectivity index (χ4n) is 2.51. The fraction of sp³-hybridized carbons (Fsp3) is 0.200. The molecule has 1 amide bonds. The second-order valence-corrected chi connectivity index (χ2v) is 5.58. The number of nitrogens with one attached hydrogen (secondary N) is 1. The number of para-hydroxylation sites is 1. The SMILES string of the molecule is COc1ccc(NC(=O)/C(C#N)=C\c2cccc3c2OCCCO3)cc1. The number of nitriles is 1. The van der Waals surface area contributed by atoms with Crippen molar-refractivity contribution >= 4 is 17.7 Å². The summed E-state index contributed by atoms with van der Waals surface area (Å²) in [7, 11) is 1.57. The molecule has 0 bridgehead atoms. The summed E-state index contributed by atoms with van der Waals surface area (Å²) in [6, 6.07) is 14.2. The third kappa shape index (κ3) is 3.95. The largest absolute Gasteiger partial charge is 0.497 e. The molecule has 0 aliphatic carbocycles. The van der Waals surface area contributed by atoms with E-state index < -0.39 is 5.91 Å². The molecule has 1 aliphatic rings. The van der Waals surface area contributed by atoms with Gasteiger partial charge in [0.15, 0.2) is 11.5 Å². The molecular weight excluding hydrogens is 332 g/mol. The van der Waals surface area contributed by atoms with Crippen molar-refractivity contribution in [1.82, 2.24) is 0 Å². The van der Waals surface area contributed by atoms with Crippen molar-refractivity contribution in [3.63, 3.8) is 0 Å². The van der Waals surface area contributed by atoms with Crippen LogP contribution in [0.2, 0.25) is 0 Å². The van der Waals surface area contributed by atoms with Crippen molar-refractivity contribution in [2.75, 3.05) is 25.6 Å². The zero-order chi connectivity index (χ0) is 18.4. The van der Waals surface area contributed by atoms with Crippen LogP contribution in [0.5, 0.6) is 17.2 Å². The molecule has 0 spiro atoms. The first kappa shape index (κ1) is 17.4. The van der Waals surface area contributed by atoms with Gasteiger partial charge in [-0.1, -0.05) is 12.1 Å². The van der Waals surface area contributed by atoms with Crippen LogP contribution in [-0.4, -0.2) is 26.2 Å². The summed E-state index contributed by atoms with van der Waals surface area (Å²) < 4.78 is 16.4. The Hall–Kier alpha value is -3.46. The predicted octanol–water partition coefficient (Wildman–Crippen LogP) is 3.40. The van der Waals surface area contributed by atoms with Crippen molar-refractivity contribution in [2.45, 2.75) is 6.42 Å². The highest BCUT2D eigenvalue weighted by Crippen LogP contribution is 2.34. The molecule has 132 valence electrons. The summed E-state index contributed by atoms with van der Waals surface area (Å²) in [5.74, 6) is 1.35. The lowest BCUT2D eigenvalue weighted by Gasteiger charge is -2.10. The first-order valence-electron chi connectivity index (χ1n) is 8.17. The van der Waals surface area contributed by atoms with Crippen LogP contribution in [0, 0.1) is 11.3 Å². The highest BCUT2D eigenvalue weighted by atomic mass is 16.5. The minimum Gasteiger partial charge on any atom is -0.497 e. The van der Waals surface area contributed by atoms with E-state index in [4.69, 9.17) is 14.2 Å². The molecule has 0 radical (unpaired) electrons. The van der Waals surface area contributed by atoms with Gasteiger partial charge in [0.25, 0.3) is 5.91 Å². The Bertz CT molecular complexity index is 866. The molecular formula is C20H18N2O4. The number of hydrogen-bond donors (Lipinski definition) is 1. The second-order valence-electron chi connectivity index (χ2n) is 5.58. The van der Waals surface area contributed by atoms with E-state index in [-0.39, 0.29) is 5.57 Å². The molecule has 26 heavy (non-hydrogen) atoms. The zero-order valence-corrected chi connectivity index (χ0v) is 14.3. The van der Waals surface area contributed by atoms with Gasteiger partial charge in [-0.05, 0) is 36.4 Å². The number of rotatable bonds is 4. The van der Waals surface area contributed by atoms with E-state index in [0.29, 0.717) is 41.7 Å². The third-order valence-corrected chi connectivity index (χ3v) is 3.81. The maximum absolute atomic E-state index is 12.4. The Morgan fingerprint density at radius 2 is 1.96 bits per heavy atom. The molecule has 1 aliphatic heterocycles. The number of nitrogens with zero attached hydrogens (tertiary/aromatic N) is 1. The standard InChI is InChI=1S/C20H18N2O4/c1-24-17-8-6-16(7-9-17)22-20(23)15(13-21)12-14-4-2-5-18-19(14)26-11-3-10-25-18/h2,4-9,12H,3,10-11H2,1H3,(H,22,23)/b15-12-. The van der Waals surface area contributed by atoms with Gasteiger partial charge >= 0.3 is 0 Å². The monoisotopic (exact) mass is 350 g/mol. The van der Waals surface area contributed by atoms with Crippen LogP contribution in [0.1, 0.15) is 12.0 Å². The van der Waals surface area contributed by atoms with Gasteiger partial charge in [0.2, 0.25) is 0 Å². The Morgan fingerprint density at radius 3 is 2.69 bits per heavy atom. The highest BCUT2D eigenvalue weighted by Gasteiger charge is 2.16. The average molecular weight is 350 g/mol. The minimum atomic E-state index is -0.496. The number of benzene rings is 2. The molecule has 0 unspecified atom stereocenters. The van der Waals surface area contributed by atoms with Gasteiger partial charge in [-0.2, -0.15) is 5.26 Å². The molecule has 2 aromatic carbocycles. The molecule has 0 atom stereocenters. The second kappa shape index (κ2) is 8.08. The number of anilines is 1. The smallest absolute Gasteiger partial charge is 0.266 e. The molecule has 0 aromatic heterocycles. The average Bonchev–Trinajstić information content (AvgIpc) is 2.92. The van der Waals surface area contributed by atoms with E-state index in [1.54, 1.807) is 43.5 Å². The molecule has 1 heterocycles. The Morgan fingerprint density at radius 1 is 1.19 bits per heavy atom. The van der Waals surface area contributed by atoms with E-state index >= 15 is 0 Å². The topological polar surface area (TPSA) is 80.6 Å². The quantitative estimate of drug-likeness (QED) is 0.675. The number of carbonyl (C=O) groups excluding carboxylic acids is 1. The Balaban J connectivity index is 1.84. The number of hydrogen-bond acceptors (Lipinski definition) is 5. The van der Waals surface area contributed by atoms with E-state index in [9.17, 15) is 10.1 Å². The van der Waals surface area contributed by atoms with Crippen molar-refractivity contribution < 1.29 is 19.0 Å². The number of fused-ring (bicyclic) bond motifs is 1. The van der Waals surface area contributed by atoms with Crippen molar-refractivity contribution in [3.8, 4) is 23.3 Å². The van der Waals surface area contributed by atoms with E-state index in [0.717, 1.165) is 6.42 Å². The van der Waals surface area contributed by atoms with Crippen LogP contribution in [0.25, 0.3) is 6.08 Å². The normalized spacial score (nSPS) is 13.3. The molecule has 0 saturated heterocycles. The van der Waals surface area contributed by atoms with Gasteiger partial charge in [-0.15, -0.1) is 0 Å². The molecule has 3 rings (SSSR count). The molecule has 1 N–H and O–H groups in total. The number of methoxy groups -OCH3 is 1. The summed E-state index contributed by atoms with van der Waals surface area (Å²) in [6.07, 6.45) is 2.28. The maximum atomic E-state index is 12.4. The van der Waals surface area contributed by atoms with Crippen LogP contribution < -0.4 is 19.5 Å². The van der Waals surface area contributed by atoms with Crippen molar-refractivity contribution in [2.24, 2.45) is 0 Å². The number of ether oxygens (including phenoxy) is 3. The van der Waals surface area contributed by atoms with Crippen LogP contribution in [0.15, 0.2) is 48.0 Å². The van der Waals surface area contributed by atoms with Gasteiger partial charge < -0.3 is 19.5 Å². The number of carbonyl (C=O) groups is 1. The molecule has 0 fully saturated rings. The van der Waals surface area contributed by atoms with Crippen LogP contribution >= 0.6 is 0 Å². The third-order valence-electron chi connectivity index (χ3n) is 3.81. The first-order valence-corrected chi connectivity index (χ1v) is 8.17. The first-order chi connectivity index (χ1) is 12.7. The summed E-state index contributed by atoms with van der Waals surface area (Å²) in [4.78, 5) is 12.4. The lowest BCUT2D eigenvalue weighted by Crippen LogP contribution is -2.13. The van der Waals surface area contributed by atoms with Gasteiger partial charge in [-0.25, -0.2) is 0 Å². The lowest BCUT2D eigenvalue weighted by atomic mass is 10.1. The fourth-order valence-corrected chi connectivity index (χ4v) is 2.51. The van der Waals surface area contributed by atoms with Gasteiger partial charge in [0.1, 0.15) is 17.4 Å². The Labute approximate surface area is 151 Å². The van der Waals surface area contributed by atoms with Gasteiger partial charge in [0.05, 0.1) is 20.3 Å². The van der Waals surface area contributed by atoms with Crippen LogP contribution in [-0.2, 0) is 4.79 Å². The van der Waals surface area contributed by atoms with E-state index in [1.165, 1.54) is 6.08 Å². The van der Waals surface area contributed by atoms with Crippen molar-refractivity contribution in [3.05, 3.63) is 53.6 Å². The minimum absolute atomic E-state index is 0.0259. The zero-order valence-electron chi connectivity index (χ0n) is 14.3. The maximum Gasteiger partial charge on any atom is 0.266 e. The number of amides is 1. The predicted molar refractivity (Wildman–Crippen MR) is 97.3 cm³/mol. The summed E-state index contributed by atoms with van der Waals surface area (Å²) in [5, 5.41) is 12.1. The van der Waals surface area contributed by atoms with Gasteiger partial charge in [-0.3, -0.25) is 4.79 Å². The molecule has 0 saturated carbocycles. The Kier molecular flexibility index (Phi) is 5.40. The van der Waals surface area contributed by atoms with Crippen LogP contribution in [0.4, 0.5) is 5.69 Å². The van der Waals surface area contributed by atoms with Crippen molar-refractivity contribution in [1.29, 1.82) is 5.26 Å². The molecule has 2 aromatic rings. The molecule has 6 nitrogen and oxygen atoms in total. The highest BCUT2D eigenvalue weighted by molar-refractivity contribution is 6.09. The van der Waals surface area contributed by atoms with E-state index in [1.807, 2.05) is 12.1 Å². The lowest BCUT2D eigenvalue weighted by molar-refractivity contribution is -0.112.